The highest BCUT2D eigenvalue weighted by molar-refractivity contribution is 6.06. The van der Waals surface area contributed by atoms with Crippen LogP contribution in [0.3, 0.4) is 0 Å². The molecule has 1 aliphatic carbocycles. The van der Waals surface area contributed by atoms with Crippen LogP contribution >= 0.6 is 0 Å². The summed E-state index contributed by atoms with van der Waals surface area (Å²) in [5.41, 5.74) is 5.15. The lowest BCUT2D eigenvalue weighted by atomic mass is 9.90. The molecule has 26 heavy (non-hydrogen) atoms. The zero-order valence-electron chi connectivity index (χ0n) is 15.1. The Labute approximate surface area is 154 Å². The van der Waals surface area contributed by atoms with Gasteiger partial charge in [0.25, 0.3) is 5.91 Å². The molecule has 4 heteroatoms. The maximum Gasteiger partial charge on any atom is 0.253 e. The van der Waals surface area contributed by atoms with Crippen molar-refractivity contribution in [2.75, 3.05) is 11.4 Å². The van der Waals surface area contributed by atoms with E-state index < -0.39 is 0 Å². The lowest BCUT2D eigenvalue weighted by molar-refractivity contribution is -0.118. The highest BCUT2D eigenvalue weighted by Crippen LogP contribution is 2.26. The van der Waals surface area contributed by atoms with Gasteiger partial charge in [-0.1, -0.05) is 30.3 Å². The predicted octanol–water partition coefficient (Wildman–Crippen LogP) is 3.27. The Balaban J connectivity index is 1.61. The van der Waals surface area contributed by atoms with Gasteiger partial charge in [-0.25, -0.2) is 0 Å². The number of amides is 2. The van der Waals surface area contributed by atoms with Crippen molar-refractivity contribution in [3.8, 4) is 0 Å². The van der Waals surface area contributed by atoms with Crippen LogP contribution in [-0.2, 0) is 24.1 Å². The van der Waals surface area contributed by atoms with Crippen LogP contribution in [0.5, 0.6) is 0 Å². The van der Waals surface area contributed by atoms with Gasteiger partial charge in [-0.15, -0.1) is 0 Å². The lowest BCUT2D eigenvalue weighted by Gasteiger charge is -2.24. The van der Waals surface area contributed by atoms with Crippen molar-refractivity contribution in [3.05, 3.63) is 64.7 Å². The number of carbonyl (C=O) groups excluding carboxylic acids is 2. The van der Waals surface area contributed by atoms with E-state index in [4.69, 9.17) is 0 Å². The largest absolute Gasteiger partial charge is 0.348 e. The summed E-state index contributed by atoms with van der Waals surface area (Å²) in [5.74, 6) is -0.0752. The van der Waals surface area contributed by atoms with Crippen LogP contribution in [-0.4, -0.2) is 24.4 Å². The topological polar surface area (TPSA) is 49.4 Å². The molecule has 2 amide bonds. The molecule has 0 fully saturated rings. The molecule has 2 aliphatic rings. The van der Waals surface area contributed by atoms with Gasteiger partial charge < -0.3 is 10.2 Å². The van der Waals surface area contributed by atoms with Gasteiger partial charge in [-0.3, -0.25) is 9.59 Å². The molecule has 0 saturated carbocycles. The summed E-state index contributed by atoms with van der Waals surface area (Å²) in [6.45, 7) is 2.43. The average molecular weight is 348 g/mol. The van der Waals surface area contributed by atoms with E-state index in [2.05, 4.69) is 23.5 Å². The highest BCUT2D eigenvalue weighted by atomic mass is 16.2. The van der Waals surface area contributed by atoms with Crippen LogP contribution in [0.4, 0.5) is 5.69 Å². The van der Waals surface area contributed by atoms with E-state index in [9.17, 15) is 9.59 Å². The Hall–Kier alpha value is -2.62. The molecule has 4 nitrogen and oxygen atoms in total. The summed E-state index contributed by atoms with van der Waals surface area (Å²) in [6, 6.07) is 13.7. The molecule has 134 valence electrons. The third-order valence-electron chi connectivity index (χ3n) is 5.34. The summed E-state index contributed by atoms with van der Waals surface area (Å²) < 4.78 is 0. The summed E-state index contributed by atoms with van der Waals surface area (Å²) in [5, 5.41) is 2.95. The van der Waals surface area contributed by atoms with Crippen molar-refractivity contribution in [1.29, 1.82) is 0 Å². The van der Waals surface area contributed by atoms with Gasteiger partial charge in [0.05, 0.1) is 17.7 Å². The highest BCUT2D eigenvalue weighted by Gasteiger charge is 2.27. The van der Waals surface area contributed by atoms with Crippen LogP contribution in [0.2, 0.25) is 0 Å². The fourth-order valence-electron chi connectivity index (χ4n) is 4.02. The third kappa shape index (κ3) is 3.24. The second-order valence-corrected chi connectivity index (χ2v) is 7.38. The first kappa shape index (κ1) is 16.8. The molecule has 0 radical (unpaired) electrons. The minimum atomic E-state index is -0.114. The quantitative estimate of drug-likeness (QED) is 0.905. The standard InChI is InChI=1S/C22H24N2O2/c1-15-14-24(20-9-5-4-8-19(20)22(26)23-15)21(25)13-16-10-11-17-6-2-3-7-18(17)12-16/h4-5,8-12,15H,2-3,6-7,13-14H2,1H3,(H,23,26)/t15-/m0/s1. The second kappa shape index (κ2) is 6.94. The first-order valence-electron chi connectivity index (χ1n) is 9.43. The molecule has 1 aliphatic heterocycles. The predicted molar refractivity (Wildman–Crippen MR) is 103 cm³/mol. The maximum atomic E-state index is 13.1. The Bertz CT molecular complexity index is 859. The molecular formula is C22H24N2O2. The van der Waals surface area contributed by atoms with E-state index in [-0.39, 0.29) is 17.9 Å². The number of hydrogen-bond acceptors (Lipinski definition) is 2. The molecule has 0 aromatic heterocycles. The summed E-state index contributed by atoms with van der Waals surface area (Å²) in [6.07, 6.45) is 5.11. The molecule has 4 rings (SSSR count). The van der Waals surface area contributed by atoms with Crippen molar-refractivity contribution in [3.63, 3.8) is 0 Å². The summed E-state index contributed by atoms with van der Waals surface area (Å²) in [4.78, 5) is 27.2. The van der Waals surface area contributed by atoms with E-state index >= 15 is 0 Å². The van der Waals surface area contributed by atoms with Crippen molar-refractivity contribution in [2.24, 2.45) is 0 Å². The molecule has 1 N–H and O–H groups in total. The Morgan fingerprint density at radius 3 is 2.73 bits per heavy atom. The number of nitrogens with one attached hydrogen (secondary N) is 1. The Kier molecular flexibility index (Phi) is 4.49. The number of hydrogen-bond donors (Lipinski definition) is 1. The van der Waals surface area contributed by atoms with Crippen molar-refractivity contribution in [2.45, 2.75) is 45.1 Å². The van der Waals surface area contributed by atoms with Gasteiger partial charge in [-0.2, -0.15) is 0 Å². The molecule has 1 heterocycles. The maximum absolute atomic E-state index is 13.1. The van der Waals surface area contributed by atoms with Crippen LogP contribution in [0.15, 0.2) is 42.5 Å². The third-order valence-corrected chi connectivity index (χ3v) is 5.34. The number of benzene rings is 2. The second-order valence-electron chi connectivity index (χ2n) is 7.38. The molecule has 0 saturated heterocycles. The molecule has 2 aromatic carbocycles. The Morgan fingerprint density at radius 1 is 1.12 bits per heavy atom. The van der Waals surface area contributed by atoms with Crippen LogP contribution in [0, 0.1) is 0 Å². The van der Waals surface area contributed by atoms with Crippen molar-refractivity contribution >= 4 is 17.5 Å². The van der Waals surface area contributed by atoms with Crippen LogP contribution in [0.25, 0.3) is 0 Å². The smallest absolute Gasteiger partial charge is 0.253 e. The molecular weight excluding hydrogens is 324 g/mol. The van der Waals surface area contributed by atoms with Crippen LogP contribution in [0.1, 0.15) is 46.8 Å². The number of rotatable bonds is 2. The zero-order valence-corrected chi connectivity index (χ0v) is 15.1. The SMILES string of the molecule is C[C@H]1CN(C(=O)Cc2ccc3c(c2)CCCC3)c2ccccc2C(=O)N1. The normalized spacial score (nSPS) is 19.2. The van der Waals surface area contributed by atoms with Gasteiger partial charge in [0, 0.05) is 12.6 Å². The molecule has 0 unspecified atom stereocenters. The first-order valence-corrected chi connectivity index (χ1v) is 9.43. The van der Waals surface area contributed by atoms with E-state index in [0.717, 1.165) is 18.4 Å². The number of para-hydroxylation sites is 1. The fourth-order valence-corrected chi connectivity index (χ4v) is 4.02. The van der Waals surface area contributed by atoms with Crippen molar-refractivity contribution < 1.29 is 9.59 Å². The lowest BCUT2D eigenvalue weighted by Crippen LogP contribution is -2.41. The number of carbonyl (C=O) groups is 2. The van der Waals surface area contributed by atoms with Gasteiger partial charge in [0.1, 0.15) is 0 Å². The van der Waals surface area contributed by atoms with Gasteiger partial charge >= 0.3 is 0 Å². The van der Waals surface area contributed by atoms with Gasteiger partial charge in [-0.05, 0) is 61.4 Å². The molecule has 1 atom stereocenters. The summed E-state index contributed by atoms with van der Waals surface area (Å²) in [7, 11) is 0. The molecule has 0 spiro atoms. The number of aryl methyl sites for hydroxylation is 2. The summed E-state index contributed by atoms with van der Waals surface area (Å²) >= 11 is 0. The zero-order chi connectivity index (χ0) is 18.1. The number of anilines is 1. The fraction of sp³-hybridized carbons (Fsp3) is 0.364. The average Bonchev–Trinajstić information content (AvgIpc) is 2.78. The monoisotopic (exact) mass is 348 g/mol. The van der Waals surface area contributed by atoms with Gasteiger partial charge in [0.2, 0.25) is 5.91 Å². The molecule has 0 bridgehead atoms. The minimum Gasteiger partial charge on any atom is -0.348 e. The molecule has 2 aromatic rings. The van der Waals surface area contributed by atoms with E-state index in [0.29, 0.717) is 24.2 Å². The van der Waals surface area contributed by atoms with E-state index in [1.165, 1.54) is 24.0 Å². The van der Waals surface area contributed by atoms with Crippen molar-refractivity contribution in [1.82, 2.24) is 5.32 Å². The van der Waals surface area contributed by atoms with Crippen LogP contribution < -0.4 is 10.2 Å². The number of nitrogens with zero attached hydrogens (tertiary/aromatic N) is 1. The Morgan fingerprint density at radius 2 is 1.88 bits per heavy atom. The first-order chi connectivity index (χ1) is 12.6. The van der Waals surface area contributed by atoms with E-state index in [1.807, 2.05) is 25.1 Å². The van der Waals surface area contributed by atoms with E-state index in [1.54, 1.807) is 11.0 Å². The number of fused-ring (bicyclic) bond motifs is 2. The minimum absolute atomic E-state index is 0.0385. The van der Waals surface area contributed by atoms with Gasteiger partial charge in [0.15, 0.2) is 0 Å².